The smallest absolute Gasteiger partial charge is 0.266 e. The lowest BCUT2D eigenvalue weighted by Gasteiger charge is -2.23. The van der Waals surface area contributed by atoms with E-state index in [1.165, 1.54) is 35.4 Å². The van der Waals surface area contributed by atoms with Gasteiger partial charge in [-0.15, -0.1) is 0 Å². The fourth-order valence-electron chi connectivity index (χ4n) is 3.91. The van der Waals surface area contributed by atoms with E-state index in [-0.39, 0.29) is 11.1 Å². The number of benzene rings is 2. The first-order valence-corrected chi connectivity index (χ1v) is 10.2. The predicted octanol–water partition coefficient (Wildman–Crippen LogP) is 4.64. The van der Waals surface area contributed by atoms with Crippen LogP contribution in [-0.2, 0) is 0 Å². The summed E-state index contributed by atoms with van der Waals surface area (Å²) < 4.78 is 43.5. The molecule has 5 rings (SSSR count). The second kappa shape index (κ2) is 8.05. The van der Waals surface area contributed by atoms with Crippen molar-refractivity contribution in [2.45, 2.75) is 19.4 Å². The summed E-state index contributed by atoms with van der Waals surface area (Å²) in [5, 5.41) is 3.51. The Morgan fingerprint density at radius 2 is 1.88 bits per heavy atom. The summed E-state index contributed by atoms with van der Waals surface area (Å²) >= 11 is 0. The van der Waals surface area contributed by atoms with Crippen LogP contribution in [0.3, 0.4) is 0 Å². The lowest BCUT2D eigenvalue weighted by molar-refractivity contribution is 0.507. The molecule has 166 valence electrons. The van der Waals surface area contributed by atoms with E-state index >= 15 is 0 Å². The molecule has 2 aromatic carbocycles. The monoisotopic (exact) mass is 450 g/mol. The topological polar surface area (TPSA) is 88.5 Å². The molecule has 33 heavy (non-hydrogen) atoms. The molecule has 3 heterocycles. The average Bonchev–Trinajstić information content (AvgIpc) is 3.29. The molecule has 5 aromatic rings. The number of H-pyrrole nitrogens is 1. The van der Waals surface area contributed by atoms with Crippen LogP contribution in [0.1, 0.15) is 25.1 Å². The minimum atomic E-state index is -1.12. The van der Waals surface area contributed by atoms with Crippen LogP contribution >= 0.6 is 0 Å². The summed E-state index contributed by atoms with van der Waals surface area (Å²) in [7, 11) is 0. The lowest BCUT2D eigenvalue weighted by Crippen LogP contribution is -2.27. The van der Waals surface area contributed by atoms with E-state index < -0.39 is 29.1 Å². The Hall–Kier alpha value is -4.21. The maximum Gasteiger partial charge on any atom is 0.266 e. The van der Waals surface area contributed by atoms with Gasteiger partial charge in [-0.3, -0.25) is 9.36 Å². The number of aromatic nitrogens is 5. The van der Waals surface area contributed by atoms with E-state index in [0.717, 1.165) is 12.1 Å². The van der Waals surface area contributed by atoms with Crippen molar-refractivity contribution < 1.29 is 13.2 Å². The predicted molar refractivity (Wildman–Crippen MR) is 118 cm³/mol. The second-order valence-electron chi connectivity index (χ2n) is 7.44. The maximum absolute atomic E-state index is 14.6. The Morgan fingerprint density at radius 3 is 2.67 bits per heavy atom. The molecule has 0 aliphatic rings. The summed E-state index contributed by atoms with van der Waals surface area (Å²) in [6.07, 6.45) is 3.34. The van der Waals surface area contributed by atoms with Crippen molar-refractivity contribution in [3.63, 3.8) is 0 Å². The van der Waals surface area contributed by atoms with E-state index in [1.807, 2.05) is 6.92 Å². The van der Waals surface area contributed by atoms with Crippen LogP contribution in [0.25, 0.3) is 27.6 Å². The van der Waals surface area contributed by atoms with Crippen LogP contribution < -0.4 is 10.9 Å². The number of hydrogen-bond donors (Lipinski definition) is 2. The SMILES string of the molecule is CCC(Nc1ncnc2[nH]cnc12)c1cc2cccc(F)c2c(=O)n1-c1ccc(F)c(F)c1. The molecular formula is C23H17F3N6O. The number of imidazole rings is 1. The minimum absolute atomic E-state index is 0.0758. The van der Waals surface area contributed by atoms with Crippen molar-refractivity contribution >= 4 is 27.8 Å². The van der Waals surface area contributed by atoms with Crippen molar-refractivity contribution in [3.8, 4) is 5.69 Å². The molecule has 7 nitrogen and oxygen atoms in total. The molecule has 0 saturated carbocycles. The van der Waals surface area contributed by atoms with Crippen LogP contribution in [-0.4, -0.2) is 24.5 Å². The normalized spacial score (nSPS) is 12.4. The van der Waals surface area contributed by atoms with Crippen molar-refractivity contribution in [2.24, 2.45) is 0 Å². The second-order valence-corrected chi connectivity index (χ2v) is 7.44. The molecule has 0 aliphatic carbocycles. The summed E-state index contributed by atoms with van der Waals surface area (Å²) in [4.78, 5) is 28.9. The summed E-state index contributed by atoms with van der Waals surface area (Å²) in [5.74, 6) is -2.44. The third kappa shape index (κ3) is 3.49. The maximum atomic E-state index is 14.6. The van der Waals surface area contributed by atoms with Crippen LogP contribution in [0.5, 0.6) is 0 Å². The molecule has 3 aromatic heterocycles. The molecule has 0 saturated heterocycles. The minimum Gasteiger partial charge on any atom is -0.360 e. The highest BCUT2D eigenvalue weighted by atomic mass is 19.2. The Balaban J connectivity index is 1.75. The summed E-state index contributed by atoms with van der Waals surface area (Å²) in [6, 6.07) is 8.59. The molecule has 2 N–H and O–H groups in total. The third-order valence-corrected chi connectivity index (χ3v) is 5.48. The van der Waals surface area contributed by atoms with Gasteiger partial charge in [-0.25, -0.2) is 28.1 Å². The number of nitrogens with one attached hydrogen (secondary N) is 2. The third-order valence-electron chi connectivity index (χ3n) is 5.48. The molecule has 1 atom stereocenters. The number of halogens is 3. The Bertz CT molecular complexity index is 1560. The number of rotatable bonds is 5. The number of fused-ring (bicyclic) bond motifs is 2. The van der Waals surface area contributed by atoms with Gasteiger partial charge in [-0.2, -0.15) is 0 Å². The average molecular weight is 450 g/mol. The van der Waals surface area contributed by atoms with Crippen LogP contribution in [0.15, 0.2) is 59.9 Å². The van der Waals surface area contributed by atoms with Gasteiger partial charge in [0.2, 0.25) is 0 Å². The Labute approximate surface area is 185 Å². The molecule has 0 radical (unpaired) electrons. The van der Waals surface area contributed by atoms with E-state index in [1.54, 1.807) is 12.1 Å². The highest BCUT2D eigenvalue weighted by molar-refractivity contribution is 5.84. The largest absolute Gasteiger partial charge is 0.360 e. The number of hydrogen-bond acceptors (Lipinski definition) is 5. The van der Waals surface area contributed by atoms with Gasteiger partial charge in [0, 0.05) is 11.8 Å². The molecular weight excluding hydrogens is 433 g/mol. The van der Waals surface area contributed by atoms with E-state index in [4.69, 9.17) is 0 Å². The zero-order valence-corrected chi connectivity index (χ0v) is 17.3. The zero-order chi connectivity index (χ0) is 23.1. The number of nitrogens with zero attached hydrogens (tertiary/aromatic N) is 4. The Kier molecular flexibility index (Phi) is 5.04. The molecule has 0 aliphatic heterocycles. The van der Waals surface area contributed by atoms with Gasteiger partial charge in [0.25, 0.3) is 5.56 Å². The molecule has 0 bridgehead atoms. The van der Waals surface area contributed by atoms with Gasteiger partial charge in [-0.05, 0) is 36.1 Å². The molecule has 0 spiro atoms. The molecule has 10 heteroatoms. The number of aromatic amines is 1. The molecule has 0 fully saturated rings. The van der Waals surface area contributed by atoms with Crippen LogP contribution in [0, 0.1) is 17.5 Å². The lowest BCUT2D eigenvalue weighted by atomic mass is 10.0. The van der Waals surface area contributed by atoms with Crippen LogP contribution in [0.2, 0.25) is 0 Å². The van der Waals surface area contributed by atoms with Crippen molar-refractivity contribution in [1.29, 1.82) is 0 Å². The van der Waals surface area contributed by atoms with Crippen molar-refractivity contribution in [1.82, 2.24) is 24.5 Å². The highest BCUT2D eigenvalue weighted by Gasteiger charge is 2.22. The van der Waals surface area contributed by atoms with Gasteiger partial charge in [0.05, 0.1) is 23.4 Å². The molecule has 0 amide bonds. The zero-order valence-electron chi connectivity index (χ0n) is 17.3. The fraction of sp³-hybridized carbons (Fsp3) is 0.130. The fourth-order valence-corrected chi connectivity index (χ4v) is 3.91. The van der Waals surface area contributed by atoms with Crippen molar-refractivity contribution in [2.75, 3.05) is 5.32 Å². The van der Waals surface area contributed by atoms with E-state index in [2.05, 4.69) is 25.3 Å². The van der Waals surface area contributed by atoms with Crippen LogP contribution in [0.4, 0.5) is 19.0 Å². The summed E-state index contributed by atoms with van der Waals surface area (Å²) in [6.45, 7) is 1.89. The molecule has 1 unspecified atom stereocenters. The van der Waals surface area contributed by atoms with Crippen molar-refractivity contribution in [3.05, 3.63) is 88.6 Å². The van der Waals surface area contributed by atoms with E-state index in [9.17, 15) is 18.0 Å². The van der Waals surface area contributed by atoms with Gasteiger partial charge >= 0.3 is 0 Å². The quantitative estimate of drug-likeness (QED) is 0.407. The first kappa shape index (κ1) is 20.7. The Morgan fingerprint density at radius 1 is 1.03 bits per heavy atom. The van der Waals surface area contributed by atoms with Gasteiger partial charge in [-0.1, -0.05) is 19.1 Å². The number of pyridine rings is 1. The first-order valence-electron chi connectivity index (χ1n) is 10.2. The number of anilines is 1. The first-order chi connectivity index (χ1) is 16.0. The highest BCUT2D eigenvalue weighted by Crippen LogP contribution is 2.28. The van der Waals surface area contributed by atoms with Gasteiger partial charge < -0.3 is 10.3 Å². The van der Waals surface area contributed by atoms with Gasteiger partial charge in [0.1, 0.15) is 17.7 Å². The summed E-state index contributed by atoms with van der Waals surface area (Å²) in [5.41, 5.74) is 0.853. The standard InChI is InChI=1S/C23H17F3N6O/c1-2-17(31-22-20-21(28-10-27-20)29-11-30-22)18-8-12-4-3-5-15(25)19(12)23(33)32(18)13-6-7-14(24)16(26)9-13/h3-11,17H,2H2,1H3,(H2,27,28,29,30,31). The van der Waals surface area contributed by atoms with Gasteiger partial charge in [0.15, 0.2) is 23.1 Å². The van der Waals surface area contributed by atoms with E-state index in [0.29, 0.717) is 34.5 Å².